The highest BCUT2D eigenvalue weighted by molar-refractivity contribution is 5.47. The molecule has 64 valence electrons. The van der Waals surface area contributed by atoms with Crippen LogP contribution in [0.25, 0.3) is 6.08 Å². The largest absolute Gasteiger partial charge is 0.306 e. The zero-order chi connectivity index (χ0) is 8.81. The molecule has 0 aliphatic carbocycles. The van der Waals surface area contributed by atoms with Crippen molar-refractivity contribution in [2.45, 2.75) is 0 Å². The second kappa shape index (κ2) is 4.67. The summed E-state index contributed by atoms with van der Waals surface area (Å²) in [6, 6.07) is 3.98. The minimum atomic E-state index is 0.967. The number of hydrogen-bond acceptors (Lipinski definition) is 2. The minimum Gasteiger partial charge on any atom is -0.306 e. The summed E-state index contributed by atoms with van der Waals surface area (Å²) in [5, 5.41) is 0. The van der Waals surface area contributed by atoms with Gasteiger partial charge in [0.05, 0.1) is 0 Å². The fraction of sp³-hybridized carbons (Fsp3) is 0.300. The van der Waals surface area contributed by atoms with E-state index in [2.05, 4.69) is 22.0 Å². The molecule has 0 bridgehead atoms. The smallest absolute Gasteiger partial charge is 0.0340 e. The molecule has 2 heteroatoms. The molecule has 0 amide bonds. The molecule has 0 radical (unpaired) electrons. The summed E-state index contributed by atoms with van der Waals surface area (Å²) >= 11 is 0. The first-order valence-corrected chi connectivity index (χ1v) is 4.00. The molecule has 0 spiro atoms. The summed E-state index contributed by atoms with van der Waals surface area (Å²) < 4.78 is 0. The predicted octanol–water partition coefficient (Wildman–Crippen LogP) is 1.66. The third-order valence-electron chi connectivity index (χ3n) is 1.47. The average Bonchev–Trinajstić information content (AvgIpc) is 2.05. The summed E-state index contributed by atoms with van der Waals surface area (Å²) in [6.45, 7) is 0.967. The second-order valence-electron chi connectivity index (χ2n) is 2.95. The van der Waals surface area contributed by atoms with Crippen molar-refractivity contribution in [1.29, 1.82) is 0 Å². The molecule has 0 atom stereocenters. The normalized spacial score (nSPS) is 11.2. The topological polar surface area (TPSA) is 16.1 Å². The summed E-state index contributed by atoms with van der Waals surface area (Å²) in [6.07, 6.45) is 7.83. The average molecular weight is 162 g/mol. The first-order chi connectivity index (χ1) is 5.79. The summed E-state index contributed by atoms with van der Waals surface area (Å²) in [5.74, 6) is 0. The lowest BCUT2D eigenvalue weighted by Crippen LogP contribution is -2.10. The molecule has 0 N–H and O–H groups in total. The Kier molecular flexibility index (Phi) is 3.48. The first-order valence-electron chi connectivity index (χ1n) is 4.00. The Bertz CT molecular complexity index is 239. The highest BCUT2D eigenvalue weighted by Gasteiger charge is 1.84. The van der Waals surface area contributed by atoms with Crippen LogP contribution >= 0.6 is 0 Å². The van der Waals surface area contributed by atoms with E-state index in [1.165, 1.54) is 0 Å². The standard InChI is InChI=1S/C10H14N2/c1-12(2)8-4-6-10-5-3-7-11-9-10/h3-7,9H,8H2,1-2H3/b6-4-. The quantitative estimate of drug-likeness (QED) is 0.672. The molecular formula is C10H14N2. The van der Waals surface area contributed by atoms with Crippen molar-refractivity contribution in [2.75, 3.05) is 20.6 Å². The molecular weight excluding hydrogens is 148 g/mol. The Hall–Kier alpha value is -1.15. The zero-order valence-electron chi connectivity index (χ0n) is 7.57. The molecule has 0 saturated carbocycles. The van der Waals surface area contributed by atoms with Gasteiger partial charge in [0.15, 0.2) is 0 Å². The van der Waals surface area contributed by atoms with Crippen LogP contribution in [0.2, 0.25) is 0 Å². The summed E-state index contributed by atoms with van der Waals surface area (Å²) in [7, 11) is 4.10. The van der Waals surface area contributed by atoms with Gasteiger partial charge in [-0.25, -0.2) is 0 Å². The Morgan fingerprint density at radius 3 is 2.92 bits per heavy atom. The Labute approximate surface area is 73.5 Å². The summed E-state index contributed by atoms with van der Waals surface area (Å²) in [4.78, 5) is 6.14. The van der Waals surface area contributed by atoms with Crippen LogP contribution in [0.15, 0.2) is 30.6 Å². The van der Waals surface area contributed by atoms with Crippen LogP contribution in [0.3, 0.4) is 0 Å². The van der Waals surface area contributed by atoms with E-state index in [-0.39, 0.29) is 0 Å². The lowest BCUT2D eigenvalue weighted by atomic mass is 10.2. The molecule has 2 nitrogen and oxygen atoms in total. The number of rotatable bonds is 3. The van der Waals surface area contributed by atoms with Gasteiger partial charge in [-0.2, -0.15) is 0 Å². The molecule has 1 rings (SSSR count). The molecule has 0 fully saturated rings. The number of hydrogen-bond donors (Lipinski definition) is 0. The van der Waals surface area contributed by atoms with Crippen LogP contribution in [0, 0.1) is 0 Å². The van der Waals surface area contributed by atoms with Crippen molar-refractivity contribution in [3.05, 3.63) is 36.2 Å². The van der Waals surface area contributed by atoms with E-state index in [9.17, 15) is 0 Å². The SMILES string of the molecule is CN(C)C/C=C\c1cccnc1. The van der Waals surface area contributed by atoms with Gasteiger partial charge in [-0.05, 0) is 25.7 Å². The van der Waals surface area contributed by atoms with Crippen molar-refractivity contribution in [1.82, 2.24) is 9.88 Å². The first kappa shape index (κ1) is 8.94. The van der Waals surface area contributed by atoms with E-state index in [0.717, 1.165) is 12.1 Å². The molecule has 0 aliphatic rings. The maximum Gasteiger partial charge on any atom is 0.0340 e. The van der Waals surface area contributed by atoms with Crippen LogP contribution in [0.5, 0.6) is 0 Å². The van der Waals surface area contributed by atoms with Crippen LogP contribution < -0.4 is 0 Å². The number of nitrogens with zero attached hydrogens (tertiary/aromatic N) is 2. The molecule has 0 saturated heterocycles. The maximum atomic E-state index is 4.02. The monoisotopic (exact) mass is 162 g/mol. The fourth-order valence-corrected chi connectivity index (χ4v) is 0.874. The van der Waals surface area contributed by atoms with Crippen LogP contribution in [-0.4, -0.2) is 30.5 Å². The Morgan fingerprint density at radius 1 is 1.50 bits per heavy atom. The van der Waals surface area contributed by atoms with Gasteiger partial charge in [0.1, 0.15) is 0 Å². The Morgan fingerprint density at radius 2 is 2.33 bits per heavy atom. The molecule has 0 aromatic carbocycles. The van der Waals surface area contributed by atoms with E-state index in [4.69, 9.17) is 0 Å². The lowest BCUT2D eigenvalue weighted by molar-refractivity contribution is 0.457. The molecule has 1 aromatic heterocycles. The van der Waals surface area contributed by atoms with E-state index < -0.39 is 0 Å². The highest BCUT2D eigenvalue weighted by atomic mass is 15.0. The molecule has 1 aromatic rings. The van der Waals surface area contributed by atoms with Crippen LogP contribution in [0.1, 0.15) is 5.56 Å². The van der Waals surface area contributed by atoms with Gasteiger partial charge in [-0.1, -0.05) is 18.2 Å². The van der Waals surface area contributed by atoms with Crippen molar-refractivity contribution in [2.24, 2.45) is 0 Å². The number of aromatic nitrogens is 1. The van der Waals surface area contributed by atoms with Crippen molar-refractivity contribution in [3.8, 4) is 0 Å². The van der Waals surface area contributed by atoms with Gasteiger partial charge in [0, 0.05) is 18.9 Å². The second-order valence-corrected chi connectivity index (χ2v) is 2.95. The fourth-order valence-electron chi connectivity index (χ4n) is 0.874. The minimum absolute atomic E-state index is 0.967. The number of likely N-dealkylation sites (N-methyl/N-ethyl adjacent to an activating group) is 1. The van der Waals surface area contributed by atoms with Crippen molar-refractivity contribution >= 4 is 6.08 Å². The molecule has 0 aliphatic heterocycles. The highest BCUT2D eigenvalue weighted by Crippen LogP contribution is 1.97. The van der Waals surface area contributed by atoms with Gasteiger partial charge in [0.2, 0.25) is 0 Å². The molecule has 0 unspecified atom stereocenters. The van der Waals surface area contributed by atoms with E-state index in [0.29, 0.717) is 0 Å². The van der Waals surface area contributed by atoms with Gasteiger partial charge in [0.25, 0.3) is 0 Å². The van der Waals surface area contributed by atoms with Gasteiger partial charge in [-0.3, -0.25) is 4.98 Å². The number of pyridine rings is 1. The molecule has 1 heterocycles. The maximum absolute atomic E-state index is 4.02. The third kappa shape index (κ3) is 3.30. The van der Waals surface area contributed by atoms with E-state index in [1.807, 2.05) is 32.4 Å². The van der Waals surface area contributed by atoms with Gasteiger partial charge >= 0.3 is 0 Å². The van der Waals surface area contributed by atoms with E-state index in [1.54, 1.807) is 6.20 Å². The van der Waals surface area contributed by atoms with Crippen molar-refractivity contribution < 1.29 is 0 Å². The lowest BCUT2D eigenvalue weighted by Gasteiger charge is -2.03. The van der Waals surface area contributed by atoms with Crippen molar-refractivity contribution in [3.63, 3.8) is 0 Å². The molecule has 12 heavy (non-hydrogen) atoms. The predicted molar refractivity (Wildman–Crippen MR) is 51.8 cm³/mol. The third-order valence-corrected chi connectivity index (χ3v) is 1.47. The van der Waals surface area contributed by atoms with Gasteiger partial charge in [-0.15, -0.1) is 0 Å². The van der Waals surface area contributed by atoms with Crippen LogP contribution in [-0.2, 0) is 0 Å². The Balaban J connectivity index is 2.47. The zero-order valence-corrected chi connectivity index (χ0v) is 7.57. The van der Waals surface area contributed by atoms with Crippen LogP contribution in [0.4, 0.5) is 0 Å². The summed E-state index contributed by atoms with van der Waals surface area (Å²) in [5.41, 5.74) is 1.15. The van der Waals surface area contributed by atoms with Gasteiger partial charge < -0.3 is 4.90 Å². The van der Waals surface area contributed by atoms with E-state index >= 15 is 0 Å².